The van der Waals surface area contributed by atoms with Crippen LogP contribution < -0.4 is 4.74 Å². The van der Waals surface area contributed by atoms with Crippen LogP contribution >= 0.6 is 11.6 Å². The fourth-order valence-electron chi connectivity index (χ4n) is 1.31. The fourth-order valence-corrected chi connectivity index (χ4v) is 1.54. The molecule has 0 aromatic heterocycles. The second-order valence-corrected chi connectivity index (χ2v) is 3.68. The van der Waals surface area contributed by atoms with Gasteiger partial charge in [0.25, 0.3) is 0 Å². The molecule has 0 spiro atoms. The van der Waals surface area contributed by atoms with Crippen LogP contribution in [0, 0.1) is 0 Å². The Bertz CT molecular complexity index is 315. The van der Waals surface area contributed by atoms with Crippen LogP contribution in [0.15, 0.2) is 18.2 Å². The quantitative estimate of drug-likeness (QED) is 0.750. The van der Waals surface area contributed by atoms with E-state index in [0.717, 1.165) is 13.0 Å². The van der Waals surface area contributed by atoms with E-state index in [-0.39, 0.29) is 6.61 Å². The molecule has 0 aliphatic rings. The molecule has 0 aliphatic carbocycles. The predicted molar refractivity (Wildman–Crippen MR) is 64.0 cm³/mol. The molecule has 0 bridgehead atoms. The average Bonchev–Trinajstić information content (AvgIpc) is 2.29. The maximum atomic E-state index is 9.15. The number of aliphatic hydroxyl groups excluding tert-OH is 1. The van der Waals surface area contributed by atoms with Crippen molar-refractivity contribution < 1.29 is 14.6 Å². The molecule has 0 saturated carbocycles. The molecule has 0 fully saturated rings. The van der Waals surface area contributed by atoms with Gasteiger partial charge in [0, 0.05) is 30.2 Å². The van der Waals surface area contributed by atoms with E-state index in [9.17, 15) is 0 Å². The molecule has 1 rings (SSSR count). The summed E-state index contributed by atoms with van der Waals surface area (Å²) in [5, 5.41) is 9.68. The lowest BCUT2D eigenvalue weighted by molar-refractivity contribution is 0.130. The van der Waals surface area contributed by atoms with Gasteiger partial charge < -0.3 is 14.6 Å². The Morgan fingerprint density at radius 1 is 1.31 bits per heavy atom. The second kappa shape index (κ2) is 7.49. The summed E-state index contributed by atoms with van der Waals surface area (Å²) in [5.74, 6) is 0.645. The van der Waals surface area contributed by atoms with E-state index in [2.05, 4.69) is 0 Å². The van der Waals surface area contributed by atoms with E-state index < -0.39 is 0 Å². The summed E-state index contributed by atoms with van der Waals surface area (Å²) in [6.45, 7) is 3.82. The molecule has 1 aromatic carbocycles. The lowest BCUT2D eigenvalue weighted by Gasteiger charge is -2.11. The van der Waals surface area contributed by atoms with Crippen LogP contribution in [0.4, 0.5) is 0 Å². The highest BCUT2D eigenvalue weighted by atomic mass is 35.5. The highest BCUT2D eigenvalue weighted by Crippen LogP contribution is 2.26. The average molecular weight is 245 g/mol. The van der Waals surface area contributed by atoms with Gasteiger partial charge in [-0.1, -0.05) is 17.7 Å². The van der Waals surface area contributed by atoms with E-state index in [4.69, 9.17) is 26.2 Å². The molecular weight excluding hydrogens is 228 g/mol. The summed E-state index contributed by atoms with van der Waals surface area (Å²) in [6.07, 6.45) is 0.825. The molecule has 0 aliphatic heterocycles. The Labute approximate surface area is 101 Å². The molecule has 0 radical (unpaired) electrons. The lowest BCUT2D eigenvalue weighted by Crippen LogP contribution is -2.04. The monoisotopic (exact) mass is 244 g/mol. The molecule has 90 valence electrons. The minimum Gasteiger partial charge on any atom is -0.493 e. The minimum atomic E-state index is -0.111. The normalized spacial score (nSPS) is 10.4. The van der Waals surface area contributed by atoms with Gasteiger partial charge in [-0.25, -0.2) is 0 Å². The van der Waals surface area contributed by atoms with Gasteiger partial charge in [0.15, 0.2) is 0 Å². The van der Waals surface area contributed by atoms with E-state index in [0.29, 0.717) is 29.5 Å². The summed E-state index contributed by atoms with van der Waals surface area (Å²) in [5.41, 5.74) is 0.639. The van der Waals surface area contributed by atoms with E-state index in [1.807, 2.05) is 6.92 Å². The zero-order valence-corrected chi connectivity index (χ0v) is 10.2. The molecule has 16 heavy (non-hydrogen) atoms. The van der Waals surface area contributed by atoms with Gasteiger partial charge in [0.05, 0.1) is 13.2 Å². The third kappa shape index (κ3) is 4.00. The van der Waals surface area contributed by atoms with Crippen LogP contribution in [0.5, 0.6) is 5.75 Å². The molecule has 3 nitrogen and oxygen atoms in total. The molecule has 1 aromatic rings. The topological polar surface area (TPSA) is 38.7 Å². The molecule has 1 N–H and O–H groups in total. The Morgan fingerprint density at radius 2 is 2.12 bits per heavy atom. The summed E-state index contributed by atoms with van der Waals surface area (Å²) >= 11 is 5.93. The highest BCUT2D eigenvalue weighted by molar-refractivity contribution is 6.31. The standard InChI is InChI=1S/C12H17ClO3/c1-2-15-7-4-8-16-12-6-3-5-11(13)10(12)9-14/h3,5-6,14H,2,4,7-9H2,1H3. The van der Waals surface area contributed by atoms with Gasteiger partial charge in [-0.2, -0.15) is 0 Å². The molecular formula is C12H17ClO3. The van der Waals surface area contributed by atoms with Crippen LogP contribution in [0.25, 0.3) is 0 Å². The molecule has 4 heteroatoms. The zero-order chi connectivity index (χ0) is 11.8. The smallest absolute Gasteiger partial charge is 0.126 e. The van der Waals surface area contributed by atoms with Crippen LogP contribution in [0.2, 0.25) is 5.02 Å². The molecule has 0 heterocycles. The van der Waals surface area contributed by atoms with Gasteiger partial charge in [0.2, 0.25) is 0 Å². The van der Waals surface area contributed by atoms with Crippen molar-refractivity contribution in [2.75, 3.05) is 19.8 Å². The first kappa shape index (κ1) is 13.3. The summed E-state index contributed by atoms with van der Waals surface area (Å²) in [6, 6.07) is 5.34. The summed E-state index contributed by atoms with van der Waals surface area (Å²) < 4.78 is 10.7. The van der Waals surface area contributed by atoms with Gasteiger partial charge in [-0.15, -0.1) is 0 Å². The Balaban J connectivity index is 2.44. The predicted octanol–water partition coefficient (Wildman–Crippen LogP) is 2.64. The van der Waals surface area contributed by atoms with Gasteiger partial charge >= 0.3 is 0 Å². The highest BCUT2D eigenvalue weighted by Gasteiger charge is 2.06. The maximum absolute atomic E-state index is 9.15. The fraction of sp³-hybridized carbons (Fsp3) is 0.500. The van der Waals surface area contributed by atoms with Crippen molar-refractivity contribution in [1.29, 1.82) is 0 Å². The van der Waals surface area contributed by atoms with Gasteiger partial charge in [-0.05, 0) is 19.1 Å². The van der Waals surface area contributed by atoms with Crippen molar-refractivity contribution in [3.8, 4) is 5.75 Å². The number of ether oxygens (including phenoxy) is 2. The second-order valence-electron chi connectivity index (χ2n) is 3.27. The molecule has 0 unspecified atom stereocenters. The number of halogens is 1. The number of hydrogen-bond acceptors (Lipinski definition) is 3. The van der Waals surface area contributed by atoms with Crippen LogP contribution in [0.3, 0.4) is 0 Å². The minimum absolute atomic E-state index is 0.111. The summed E-state index contributed by atoms with van der Waals surface area (Å²) in [4.78, 5) is 0. The third-order valence-corrected chi connectivity index (χ3v) is 2.48. The number of rotatable bonds is 7. The third-order valence-electron chi connectivity index (χ3n) is 2.13. The summed E-state index contributed by atoms with van der Waals surface area (Å²) in [7, 11) is 0. The van der Waals surface area contributed by atoms with Crippen LogP contribution in [-0.2, 0) is 11.3 Å². The van der Waals surface area contributed by atoms with Crippen molar-refractivity contribution in [2.24, 2.45) is 0 Å². The first-order valence-electron chi connectivity index (χ1n) is 5.38. The SMILES string of the molecule is CCOCCCOc1cccc(Cl)c1CO. The van der Waals surface area contributed by atoms with Crippen molar-refractivity contribution in [3.05, 3.63) is 28.8 Å². The van der Waals surface area contributed by atoms with E-state index in [1.54, 1.807) is 18.2 Å². The van der Waals surface area contributed by atoms with Crippen molar-refractivity contribution >= 4 is 11.6 Å². The molecule has 0 amide bonds. The number of benzene rings is 1. The van der Waals surface area contributed by atoms with Gasteiger partial charge in [-0.3, -0.25) is 0 Å². The zero-order valence-electron chi connectivity index (χ0n) is 9.41. The maximum Gasteiger partial charge on any atom is 0.126 e. The van der Waals surface area contributed by atoms with Crippen molar-refractivity contribution in [2.45, 2.75) is 20.0 Å². The first-order valence-corrected chi connectivity index (χ1v) is 5.76. The van der Waals surface area contributed by atoms with Crippen LogP contribution in [0.1, 0.15) is 18.9 Å². The van der Waals surface area contributed by atoms with Crippen molar-refractivity contribution in [3.63, 3.8) is 0 Å². The molecule has 0 atom stereocenters. The number of aliphatic hydroxyl groups is 1. The Kier molecular flexibility index (Phi) is 6.23. The molecule has 0 saturated heterocycles. The first-order chi connectivity index (χ1) is 7.79. The Hall–Kier alpha value is -0.770. The van der Waals surface area contributed by atoms with E-state index in [1.165, 1.54) is 0 Å². The number of hydrogen-bond donors (Lipinski definition) is 1. The van der Waals surface area contributed by atoms with Crippen molar-refractivity contribution in [1.82, 2.24) is 0 Å². The van der Waals surface area contributed by atoms with E-state index >= 15 is 0 Å². The largest absolute Gasteiger partial charge is 0.493 e. The Morgan fingerprint density at radius 3 is 2.81 bits per heavy atom. The van der Waals surface area contributed by atoms with Crippen LogP contribution in [-0.4, -0.2) is 24.9 Å². The lowest BCUT2D eigenvalue weighted by atomic mass is 10.2. The van der Waals surface area contributed by atoms with Gasteiger partial charge in [0.1, 0.15) is 5.75 Å².